The van der Waals surface area contributed by atoms with Gasteiger partial charge >= 0.3 is 0 Å². The number of benzene rings is 1. The smallest absolute Gasteiger partial charge is 0.273 e. The average molecular weight is 341 g/mol. The van der Waals surface area contributed by atoms with E-state index in [-0.39, 0.29) is 11.9 Å². The molecule has 2 heterocycles. The van der Waals surface area contributed by atoms with E-state index in [4.69, 9.17) is 5.73 Å². The lowest BCUT2D eigenvalue weighted by Crippen LogP contribution is -2.33. The minimum absolute atomic E-state index is 0.0722. The molecule has 4 rings (SSSR count). The molecule has 0 bridgehead atoms. The number of aromatic nitrogens is 1. The molecule has 1 aliphatic heterocycles. The Bertz CT molecular complexity index is 739. The van der Waals surface area contributed by atoms with Crippen molar-refractivity contribution in [3.8, 4) is 0 Å². The van der Waals surface area contributed by atoms with Crippen LogP contribution in [0, 0.1) is 18.8 Å². The third kappa shape index (κ3) is 2.98. The van der Waals surface area contributed by atoms with E-state index in [9.17, 15) is 4.79 Å². The summed E-state index contributed by atoms with van der Waals surface area (Å²) in [5.74, 6) is 1.15. The van der Waals surface area contributed by atoms with Gasteiger partial charge in [-0.1, -0.05) is 29.8 Å². The van der Waals surface area contributed by atoms with Gasteiger partial charge in [0.1, 0.15) is 5.69 Å². The van der Waals surface area contributed by atoms with Gasteiger partial charge in [-0.05, 0) is 37.2 Å². The minimum atomic E-state index is 0.0722. The number of hydrogen-bond acceptors (Lipinski definition) is 4. The normalized spacial score (nSPS) is 25.9. The number of carbonyl (C=O) groups is 1. The van der Waals surface area contributed by atoms with Gasteiger partial charge in [0.05, 0.1) is 5.01 Å². The fraction of sp³-hybridized carbons (Fsp3) is 0.474. The van der Waals surface area contributed by atoms with E-state index in [0.29, 0.717) is 17.5 Å². The first-order valence-corrected chi connectivity index (χ1v) is 9.53. The number of carbonyl (C=O) groups excluding carboxylic acids is 1. The summed E-state index contributed by atoms with van der Waals surface area (Å²) in [6, 6.07) is 8.74. The number of likely N-dealkylation sites (tertiary alicyclic amines) is 1. The lowest BCUT2D eigenvalue weighted by Gasteiger charge is -2.17. The summed E-state index contributed by atoms with van der Waals surface area (Å²) in [6.45, 7) is 3.73. The van der Waals surface area contributed by atoms with E-state index in [0.717, 1.165) is 37.4 Å². The Morgan fingerprint density at radius 2 is 2.08 bits per heavy atom. The topological polar surface area (TPSA) is 59.2 Å². The van der Waals surface area contributed by atoms with Gasteiger partial charge in [-0.15, -0.1) is 11.3 Å². The zero-order valence-corrected chi connectivity index (χ0v) is 14.8. The number of nitrogens with two attached hydrogens (primary N) is 1. The second kappa shape index (κ2) is 6.30. The van der Waals surface area contributed by atoms with Crippen LogP contribution in [-0.4, -0.2) is 34.9 Å². The monoisotopic (exact) mass is 341 g/mol. The van der Waals surface area contributed by atoms with E-state index in [2.05, 4.69) is 36.2 Å². The second-order valence-corrected chi connectivity index (χ2v) is 8.11. The zero-order chi connectivity index (χ0) is 16.7. The molecule has 2 aliphatic rings. The van der Waals surface area contributed by atoms with Crippen molar-refractivity contribution in [1.29, 1.82) is 0 Å². The Kier molecular flexibility index (Phi) is 4.14. The summed E-state index contributed by atoms with van der Waals surface area (Å²) in [7, 11) is 0. The highest BCUT2D eigenvalue weighted by Crippen LogP contribution is 2.37. The molecule has 2 N–H and O–H groups in total. The Labute approximate surface area is 146 Å². The van der Waals surface area contributed by atoms with Crippen LogP contribution in [0.4, 0.5) is 0 Å². The molecule has 5 heteroatoms. The van der Waals surface area contributed by atoms with Crippen LogP contribution in [0.15, 0.2) is 29.6 Å². The lowest BCUT2D eigenvalue weighted by atomic mass is 9.98. The van der Waals surface area contributed by atoms with Gasteiger partial charge in [-0.3, -0.25) is 4.79 Å². The Morgan fingerprint density at radius 3 is 2.83 bits per heavy atom. The molecule has 2 fully saturated rings. The summed E-state index contributed by atoms with van der Waals surface area (Å²) < 4.78 is 0. The predicted octanol–water partition coefficient (Wildman–Crippen LogP) is 2.85. The molecule has 4 nitrogen and oxygen atoms in total. The maximum atomic E-state index is 12.7. The third-order valence-corrected chi connectivity index (χ3v) is 6.30. The molecule has 0 spiro atoms. The van der Waals surface area contributed by atoms with Crippen molar-refractivity contribution in [3.05, 3.63) is 51.5 Å². The summed E-state index contributed by atoms with van der Waals surface area (Å²) in [5.41, 5.74) is 9.25. The minimum Gasteiger partial charge on any atom is -0.337 e. The standard InChI is InChI=1S/C19H23N3OS/c1-12-2-4-13(5-3-12)8-18-21-17(11-24-18)19(23)22-9-14-6-7-16(20)15(14)10-22/h2-5,11,14-16H,6-10,20H2,1H3. The number of thiazole rings is 1. The molecule has 1 aliphatic carbocycles. The molecule has 126 valence electrons. The van der Waals surface area contributed by atoms with Crippen LogP contribution >= 0.6 is 11.3 Å². The zero-order valence-electron chi connectivity index (χ0n) is 13.9. The van der Waals surface area contributed by atoms with Crippen LogP contribution in [0.5, 0.6) is 0 Å². The van der Waals surface area contributed by atoms with Crippen LogP contribution in [0.25, 0.3) is 0 Å². The second-order valence-electron chi connectivity index (χ2n) is 7.16. The predicted molar refractivity (Wildman–Crippen MR) is 96.2 cm³/mol. The quantitative estimate of drug-likeness (QED) is 0.934. The van der Waals surface area contributed by atoms with E-state index in [1.54, 1.807) is 11.3 Å². The van der Waals surface area contributed by atoms with Gasteiger partial charge in [-0.25, -0.2) is 4.98 Å². The van der Waals surface area contributed by atoms with Crippen LogP contribution < -0.4 is 5.73 Å². The van der Waals surface area contributed by atoms with Crippen molar-refractivity contribution in [2.45, 2.75) is 32.2 Å². The molecule has 1 aromatic carbocycles. The molecule has 3 atom stereocenters. The van der Waals surface area contributed by atoms with Gasteiger partial charge in [0, 0.05) is 30.9 Å². The van der Waals surface area contributed by atoms with Gasteiger partial charge in [0.25, 0.3) is 5.91 Å². The number of nitrogens with zero attached hydrogens (tertiary/aromatic N) is 2. The first kappa shape index (κ1) is 15.8. The number of hydrogen-bond donors (Lipinski definition) is 1. The Morgan fingerprint density at radius 1 is 1.29 bits per heavy atom. The van der Waals surface area contributed by atoms with Crippen molar-refractivity contribution in [2.24, 2.45) is 17.6 Å². The van der Waals surface area contributed by atoms with Crippen LogP contribution in [-0.2, 0) is 6.42 Å². The SMILES string of the molecule is Cc1ccc(Cc2nc(C(=O)N3CC4CCC(N)C4C3)cs2)cc1. The largest absolute Gasteiger partial charge is 0.337 e. The highest BCUT2D eigenvalue weighted by atomic mass is 32.1. The third-order valence-electron chi connectivity index (χ3n) is 5.45. The summed E-state index contributed by atoms with van der Waals surface area (Å²) in [4.78, 5) is 19.3. The molecule has 1 aromatic heterocycles. The fourth-order valence-electron chi connectivity index (χ4n) is 4.01. The molecule has 24 heavy (non-hydrogen) atoms. The van der Waals surface area contributed by atoms with Crippen LogP contribution in [0.1, 0.15) is 39.5 Å². The van der Waals surface area contributed by atoms with E-state index >= 15 is 0 Å². The van der Waals surface area contributed by atoms with Gasteiger partial charge in [-0.2, -0.15) is 0 Å². The fourth-order valence-corrected chi connectivity index (χ4v) is 4.81. The van der Waals surface area contributed by atoms with Crippen molar-refractivity contribution in [3.63, 3.8) is 0 Å². The van der Waals surface area contributed by atoms with Gasteiger partial charge < -0.3 is 10.6 Å². The maximum Gasteiger partial charge on any atom is 0.273 e. The molecule has 2 aromatic rings. The molecule has 1 saturated heterocycles. The highest BCUT2D eigenvalue weighted by molar-refractivity contribution is 7.09. The molecule has 3 unspecified atom stereocenters. The first-order chi connectivity index (χ1) is 11.6. The molecule has 1 amide bonds. The van der Waals surface area contributed by atoms with Crippen LogP contribution in [0.3, 0.4) is 0 Å². The number of amides is 1. The Balaban J connectivity index is 1.43. The Hall–Kier alpha value is -1.72. The average Bonchev–Trinajstić information content (AvgIpc) is 3.27. The number of fused-ring (bicyclic) bond motifs is 1. The molecular weight excluding hydrogens is 318 g/mol. The summed E-state index contributed by atoms with van der Waals surface area (Å²) in [6.07, 6.45) is 3.05. The first-order valence-electron chi connectivity index (χ1n) is 8.65. The lowest BCUT2D eigenvalue weighted by molar-refractivity contribution is 0.0774. The van der Waals surface area contributed by atoms with Gasteiger partial charge in [0.2, 0.25) is 0 Å². The number of aryl methyl sites for hydroxylation is 1. The summed E-state index contributed by atoms with van der Waals surface area (Å²) in [5, 5.41) is 2.90. The van der Waals surface area contributed by atoms with E-state index in [1.165, 1.54) is 11.1 Å². The van der Waals surface area contributed by atoms with Crippen molar-refractivity contribution in [2.75, 3.05) is 13.1 Å². The van der Waals surface area contributed by atoms with Crippen molar-refractivity contribution >= 4 is 17.2 Å². The molecule has 1 saturated carbocycles. The van der Waals surface area contributed by atoms with Crippen molar-refractivity contribution < 1.29 is 4.79 Å². The van der Waals surface area contributed by atoms with E-state index in [1.807, 2.05) is 10.3 Å². The maximum absolute atomic E-state index is 12.7. The van der Waals surface area contributed by atoms with Crippen molar-refractivity contribution in [1.82, 2.24) is 9.88 Å². The van der Waals surface area contributed by atoms with Crippen LogP contribution in [0.2, 0.25) is 0 Å². The number of rotatable bonds is 3. The van der Waals surface area contributed by atoms with Gasteiger partial charge in [0.15, 0.2) is 0 Å². The summed E-state index contributed by atoms with van der Waals surface area (Å²) >= 11 is 1.57. The molecular formula is C19H23N3OS. The van der Waals surface area contributed by atoms with E-state index < -0.39 is 0 Å². The highest BCUT2D eigenvalue weighted by Gasteiger charge is 2.42. The molecule has 0 radical (unpaired) electrons.